The van der Waals surface area contributed by atoms with Crippen LogP contribution in [0.2, 0.25) is 0 Å². The number of nitroso groups, excluding NO2 is 1. The van der Waals surface area contributed by atoms with Gasteiger partial charge in [-0.2, -0.15) is 0 Å². The van der Waals surface area contributed by atoms with Crippen LogP contribution in [0, 0.1) is 4.91 Å². The number of carbonyl (C=O) groups excluding carboxylic acids is 2. The zero-order valence-corrected chi connectivity index (χ0v) is 16.0. The van der Waals surface area contributed by atoms with E-state index in [0.29, 0.717) is 25.1 Å². The number of amides is 1. The summed E-state index contributed by atoms with van der Waals surface area (Å²) < 4.78 is 10.3. The molecule has 0 fully saturated rings. The van der Waals surface area contributed by atoms with Gasteiger partial charge in [-0.15, -0.1) is 4.91 Å². The third-order valence-electron chi connectivity index (χ3n) is 3.75. The van der Waals surface area contributed by atoms with Crippen molar-refractivity contribution in [3.8, 4) is 0 Å². The summed E-state index contributed by atoms with van der Waals surface area (Å²) in [6.07, 6.45) is 0.600. The summed E-state index contributed by atoms with van der Waals surface area (Å²) in [5, 5.41) is 6.39. The molecule has 2 rings (SSSR count). The summed E-state index contributed by atoms with van der Waals surface area (Å²) in [5.74, 6) is -0.454. The zero-order valence-electron chi connectivity index (χ0n) is 16.0. The molecule has 0 atom stereocenters. The van der Waals surface area contributed by atoms with E-state index in [9.17, 15) is 14.5 Å². The van der Waals surface area contributed by atoms with Gasteiger partial charge in [-0.1, -0.05) is 0 Å². The van der Waals surface area contributed by atoms with Crippen molar-refractivity contribution < 1.29 is 19.1 Å². The number of esters is 1. The van der Waals surface area contributed by atoms with Crippen molar-refractivity contribution in [1.82, 2.24) is 10.3 Å². The number of aromatic amines is 1. The molecule has 1 aromatic heterocycles. The fourth-order valence-electron chi connectivity index (χ4n) is 2.70. The molecule has 0 spiro atoms. The summed E-state index contributed by atoms with van der Waals surface area (Å²) in [6, 6.07) is 4.92. The van der Waals surface area contributed by atoms with Crippen molar-refractivity contribution in [3.63, 3.8) is 0 Å². The van der Waals surface area contributed by atoms with Gasteiger partial charge in [-0.25, -0.2) is 9.59 Å². The Morgan fingerprint density at radius 2 is 2.00 bits per heavy atom. The van der Waals surface area contributed by atoms with E-state index in [1.807, 2.05) is 0 Å². The molecule has 0 unspecified atom stereocenters. The molecule has 8 nitrogen and oxygen atoms in total. The van der Waals surface area contributed by atoms with Crippen molar-refractivity contribution in [3.05, 3.63) is 34.4 Å². The predicted octanol–water partition coefficient (Wildman–Crippen LogP) is 4.20. The molecule has 0 bridgehead atoms. The lowest BCUT2D eigenvalue weighted by Crippen LogP contribution is -2.33. The van der Waals surface area contributed by atoms with Crippen molar-refractivity contribution in [2.75, 3.05) is 13.2 Å². The highest BCUT2D eigenvalue weighted by atomic mass is 16.6. The van der Waals surface area contributed by atoms with Crippen LogP contribution in [-0.4, -0.2) is 35.8 Å². The molecular weight excluding hydrogens is 350 g/mol. The Labute approximate surface area is 157 Å². The van der Waals surface area contributed by atoms with Crippen LogP contribution in [0.5, 0.6) is 0 Å². The van der Waals surface area contributed by atoms with Gasteiger partial charge in [-0.3, -0.25) is 0 Å². The summed E-state index contributed by atoms with van der Waals surface area (Å²) in [6.45, 7) is 7.76. The molecular formula is C19H25N3O5. The van der Waals surface area contributed by atoms with Crippen LogP contribution in [-0.2, 0) is 15.9 Å². The van der Waals surface area contributed by atoms with E-state index >= 15 is 0 Å². The van der Waals surface area contributed by atoms with Crippen molar-refractivity contribution in [1.29, 1.82) is 0 Å². The van der Waals surface area contributed by atoms with Crippen LogP contribution in [0.3, 0.4) is 0 Å². The third-order valence-corrected chi connectivity index (χ3v) is 3.75. The van der Waals surface area contributed by atoms with E-state index < -0.39 is 17.7 Å². The third kappa shape index (κ3) is 5.54. The summed E-state index contributed by atoms with van der Waals surface area (Å²) in [7, 11) is 0. The Balaban J connectivity index is 2.14. The van der Waals surface area contributed by atoms with Gasteiger partial charge >= 0.3 is 12.1 Å². The number of aromatic nitrogens is 1. The Hall–Kier alpha value is -2.90. The van der Waals surface area contributed by atoms with Crippen molar-refractivity contribution in [2.45, 2.75) is 46.1 Å². The number of rotatable bonds is 7. The lowest BCUT2D eigenvalue weighted by atomic mass is 10.0. The Kier molecular flexibility index (Phi) is 6.55. The van der Waals surface area contributed by atoms with Crippen molar-refractivity contribution in [2.24, 2.45) is 5.18 Å². The number of hydrogen-bond acceptors (Lipinski definition) is 6. The van der Waals surface area contributed by atoms with E-state index in [0.717, 1.165) is 16.5 Å². The minimum absolute atomic E-state index is 0.259. The highest BCUT2D eigenvalue weighted by molar-refractivity contribution is 5.99. The molecule has 0 aliphatic rings. The van der Waals surface area contributed by atoms with E-state index in [4.69, 9.17) is 9.47 Å². The zero-order chi connectivity index (χ0) is 20.0. The van der Waals surface area contributed by atoms with E-state index in [-0.39, 0.29) is 12.3 Å². The molecule has 146 valence electrons. The number of H-pyrrole nitrogens is 1. The molecule has 0 saturated heterocycles. The van der Waals surface area contributed by atoms with Gasteiger partial charge in [0.25, 0.3) is 0 Å². The lowest BCUT2D eigenvalue weighted by molar-refractivity contribution is 0.0509. The van der Waals surface area contributed by atoms with Gasteiger partial charge in [0.1, 0.15) is 17.0 Å². The molecule has 0 radical (unpaired) electrons. The molecule has 0 saturated carbocycles. The quantitative estimate of drug-likeness (QED) is 0.428. The SMILES string of the molecule is CCOC(=O)c1[nH]c2ccc(N=O)cc2c1CCCNC(=O)OC(C)(C)C. The van der Waals surface area contributed by atoms with Crippen LogP contribution < -0.4 is 5.32 Å². The van der Waals surface area contributed by atoms with Crippen LogP contribution >= 0.6 is 0 Å². The molecule has 1 heterocycles. The number of aryl methyl sites for hydroxylation is 1. The van der Waals surface area contributed by atoms with E-state index in [1.165, 1.54) is 0 Å². The average molecular weight is 375 g/mol. The standard InChI is InChI=1S/C19H25N3O5/c1-5-26-17(23)16-13(7-6-10-20-18(24)27-19(2,3)4)14-11-12(22-25)8-9-15(14)21-16/h8-9,11,21H,5-7,10H2,1-4H3,(H,20,24). The molecule has 0 aliphatic heterocycles. The second-order valence-electron chi connectivity index (χ2n) is 7.05. The van der Waals surface area contributed by atoms with Gasteiger partial charge in [0, 0.05) is 17.4 Å². The number of hydrogen-bond donors (Lipinski definition) is 2. The number of fused-ring (bicyclic) bond motifs is 1. The molecule has 0 aliphatic carbocycles. The van der Waals surface area contributed by atoms with Crippen LogP contribution in [0.15, 0.2) is 23.4 Å². The summed E-state index contributed by atoms with van der Waals surface area (Å²) in [4.78, 5) is 37.9. The van der Waals surface area contributed by atoms with Crippen LogP contribution in [0.4, 0.5) is 10.5 Å². The number of carbonyl (C=O) groups is 2. The van der Waals surface area contributed by atoms with Gasteiger partial charge in [0.15, 0.2) is 0 Å². The fourth-order valence-corrected chi connectivity index (χ4v) is 2.70. The molecule has 1 amide bonds. The maximum absolute atomic E-state index is 12.3. The first-order chi connectivity index (χ1) is 12.7. The predicted molar refractivity (Wildman–Crippen MR) is 102 cm³/mol. The lowest BCUT2D eigenvalue weighted by Gasteiger charge is -2.19. The smallest absolute Gasteiger partial charge is 0.407 e. The normalized spacial score (nSPS) is 11.3. The number of alkyl carbamates (subject to hydrolysis) is 1. The Morgan fingerprint density at radius 3 is 2.63 bits per heavy atom. The second-order valence-corrected chi connectivity index (χ2v) is 7.05. The Bertz CT molecular complexity index is 836. The van der Waals surface area contributed by atoms with Crippen LogP contribution in [0.25, 0.3) is 10.9 Å². The topological polar surface area (TPSA) is 110 Å². The first kappa shape index (κ1) is 20.4. The van der Waals surface area contributed by atoms with Crippen molar-refractivity contribution >= 4 is 28.7 Å². The first-order valence-electron chi connectivity index (χ1n) is 8.87. The molecule has 8 heteroatoms. The second kappa shape index (κ2) is 8.66. The molecule has 1 aromatic carbocycles. The van der Waals surface area contributed by atoms with E-state index in [2.05, 4.69) is 15.5 Å². The molecule has 27 heavy (non-hydrogen) atoms. The maximum atomic E-state index is 12.3. The molecule has 2 aromatic rings. The largest absolute Gasteiger partial charge is 0.461 e. The average Bonchev–Trinajstić information content (AvgIpc) is 2.95. The highest BCUT2D eigenvalue weighted by Gasteiger charge is 2.20. The highest BCUT2D eigenvalue weighted by Crippen LogP contribution is 2.28. The Morgan fingerprint density at radius 1 is 1.26 bits per heavy atom. The van der Waals surface area contributed by atoms with Gasteiger partial charge in [0.05, 0.1) is 6.61 Å². The fraction of sp³-hybridized carbons (Fsp3) is 0.474. The first-order valence-corrected chi connectivity index (χ1v) is 8.87. The van der Waals surface area contributed by atoms with Gasteiger partial charge in [-0.05, 0) is 69.5 Å². The molecule has 2 N–H and O–H groups in total. The number of nitrogens with zero attached hydrogens (tertiary/aromatic N) is 1. The van der Waals surface area contributed by atoms with Gasteiger partial charge in [0.2, 0.25) is 0 Å². The summed E-state index contributed by atoms with van der Waals surface area (Å²) in [5.41, 5.74) is 1.54. The van der Waals surface area contributed by atoms with Crippen LogP contribution in [0.1, 0.15) is 50.2 Å². The van der Waals surface area contributed by atoms with E-state index in [1.54, 1.807) is 45.9 Å². The number of ether oxygens (including phenoxy) is 2. The number of benzene rings is 1. The minimum Gasteiger partial charge on any atom is -0.461 e. The monoisotopic (exact) mass is 375 g/mol. The maximum Gasteiger partial charge on any atom is 0.407 e. The summed E-state index contributed by atoms with van der Waals surface area (Å²) >= 11 is 0. The number of nitrogens with one attached hydrogen (secondary N) is 2. The minimum atomic E-state index is -0.559. The van der Waals surface area contributed by atoms with Gasteiger partial charge < -0.3 is 19.8 Å².